The molecule has 140 valence electrons. The predicted molar refractivity (Wildman–Crippen MR) is 106 cm³/mol. The second kappa shape index (κ2) is 5.72. The Labute approximate surface area is 171 Å². The summed E-state index contributed by atoms with van der Waals surface area (Å²) < 4.78 is 5.73. The SMILES string of the molecule is C[C@]12C(=O)N(c3cc(Cl)cc(Cl)c3)C(=O)[C@H]1[C@@]2(c1ccccc1)c1ccco1. The van der Waals surface area contributed by atoms with Crippen molar-refractivity contribution in [3.05, 3.63) is 88.3 Å². The number of fused-ring (bicyclic) bond motifs is 1. The van der Waals surface area contributed by atoms with Gasteiger partial charge in [-0.15, -0.1) is 0 Å². The zero-order valence-electron chi connectivity index (χ0n) is 14.9. The number of anilines is 1. The molecule has 2 aliphatic rings. The number of nitrogens with zero attached hydrogens (tertiary/aromatic N) is 1. The van der Waals surface area contributed by atoms with Gasteiger partial charge in [-0.25, -0.2) is 4.90 Å². The van der Waals surface area contributed by atoms with Gasteiger partial charge in [-0.1, -0.05) is 53.5 Å². The Morgan fingerprint density at radius 3 is 2.18 bits per heavy atom. The smallest absolute Gasteiger partial charge is 0.241 e. The van der Waals surface area contributed by atoms with Crippen LogP contribution in [0.25, 0.3) is 0 Å². The van der Waals surface area contributed by atoms with Gasteiger partial charge in [0.2, 0.25) is 11.8 Å². The van der Waals surface area contributed by atoms with Crippen molar-refractivity contribution < 1.29 is 14.0 Å². The van der Waals surface area contributed by atoms with Gasteiger partial charge in [0.1, 0.15) is 5.76 Å². The standard InChI is InChI=1S/C22H15Cl2NO3/c1-21-18(19(26)25(20(21)27)16-11-14(23)10-15(24)12-16)22(21,17-8-5-9-28-17)13-6-3-2-4-7-13/h2-12,18H,1H3/t18-,21-,22-/m1/s1. The fourth-order valence-electron chi connectivity index (χ4n) is 4.93. The summed E-state index contributed by atoms with van der Waals surface area (Å²) in [6.45, 7) is 1.83. The van der Waals surface area contributed by atoms with E-state index in [0.717, 1.165) is 5.56 Å². The molecule has 6 heteroatoms. The van der Waals surface area contributed by atoms with E-state index in [1.54, 1.807) is 30.5 Å². The molecule has 2 amide bonds. The summed E-state index contributed by atoms with van der Waals surface area (Å²) in [5.74, 6) is -0.484. The van der Waals surface area contributed by atoms with Crippen LogP contribution in [0.5, 0.6) is 0 Å². The molecule has 0 radical (unpaired) electrons. The molecule has 5 rings (SSSR count). The molecular formula is C22H15Cl2NO3. The van der Waals surface area contributed by atoms with Crippen molar-refractivity contribution in [2.75, 3.05) is 4.90 Å². The first kappa shape index (κ1) is 17.5. The second-order valence-corrected chi connectivity index (χ2v) is 8.27. The minimum absolute atomic E-state index is 0.272. The maximum absolute atomic E-state index is 13.6. The topological polar surface area (TPSA) is 50.5 Å². The minimum atomic E-state index is -0.946. The Morgan fingerprint density at radius 1 is 0.964 bits per heavy atom. The first-order valence-electron chi connectivity index (χ1n) is 8.86. The van der Waals surface area contributed by atoms with Gasteiger partial charge in [0.15, 0.2) is 0 Å². The molecule has 0 N–H and O–H groups in total. The number of hydrogen-bond donors (Lipinski definition) is 0. The van der Waals surface area contributed by atoms with Gasteiger partial charge in [-0.05, 0) is 42.8 Å². The molecule has 2 heterocycles. The van der Waals surface area contributed by atoms with E-state index >= 15 is 0 Å². The highest BCUT2D eigenvalue weighted by Crippen LogP contribution is 2.76. The van der Waals surface area contributed by atoms with Gasteiger partial charge in [0.05, 0.1) is 28.7 Å². The molecule has 28 heavy (non-hydrogen) atoms. The number of halogens is 2. The van der Waals surface area contributed by atoms with E-state index in [2.05, 4.69) is 0 Å². The van der Waals surface area contributed by atoms with Crippen LogP contribution in [0.2, 0.25) is 10.0 Å². The van der Waals surface area contributed by atoms with Crippen LogP contribution in [0.15, 0.2) is 71.3 Å². The first-order valence-corrected chi connectivity index (χ1v) is 9.62. The van der Waals surface area contributed by atoms with Gasteiger partial charge < -0.3 is 4.42 Å². The van der Waals surface area contributed by atoms with Crippen LogP contribution in [0.3, 0.4) is 0 Å². The van der Waals surface area contributed by atoms with Crippen LogP contribution in [0, 0.1) is 11.3 Å². The zero-order valence-corrected chi connectivity index (χ0v) is 16.4. The van der Waals surface area contributed by atoms with Crippen molar-refractivity contribution in [1.29, 1.82) is 0 Å². The van der Waals surface area contributed by atoms with E-state index in [4.69, 9.17) is 27.6 Å². The Hall–Kier alpha value is -2.56. The average Bonchev–Trinajstić information content (AvgIpc) is 2.96. The molecule has 0 bridgehead atoms. The molecular weight excluding hydrogens is 397 g/mol. The first-order chi connectivity index (χ1) is 13.4. The number of amides is 2. The largest absolute Gasteiger partial charge is 0.468 e. The van der Waals surface area contributed by atoms with Crippen LogP contribution in [0.4, 0.5) is 5.69 Å². The van der Waals surface area contributed by atoms with E-state index < -0.39 is 16.7 Å². The average molecular weight is 412 g/mol. The molecule has 2 fully saturated rings. The third kappa shape index (κ3) is 1.97. The van der Waals surface area contributed by atoms with E-state index in [0.29, 0.717) is 21.5 Å². The number of carbonyl (C=O) groups excluding carboxylic acids is 2. The lowest BCUT2D eigenvalue weighted by atomic mass is 9.82. The highest BCUT2D eigenvalue weighted by atomic mass is 35.5. The zero-order chi connectivity index (χ0) is 19.7. The summed E-state index contributed by atoms with van der Waals surface area (Å²) in [6.07, 6.45) is 1.57. The number of rotatable bonds is 3. The molecule has 1 saturated carbocycles. The van der Waals surface area contributed by atoms with Gasteiger partial charge in [-0.3, -0.25) is 9.59 Å². The minimum Gasteiger partial charge on any atom is -0.468 e. The maximum atomic E-state index is 13.6. The van der Waals surface area contributed by atoms with Crippen molar-refractivity contribution in [3.8, 4) is 0 Å². The number of imide groups is 1. The van der Waals surface area contributed by atoms with E-state index in [1.165, 1.54) is 4.90 Å². The lowest BCUT2D eigenvalue weighted by Crippen LogP contribution is -2.42. The second-order valence-electron chi connectivity index (χ2n) is 7.39. The van der Waals surface area contributed by atoms with Crippen LogP contribution in [0.1, 0.15) is 18.2 Å². The summed E-state index contributed by atoms with van der Waals surface area (Å²) in [5, 5.41) is 0.739. The molecule has 3 atom stereocenters. The monoisotopic (exact) mass is 411 g/mol. The highest BCUT2D eigenvalue weighted by molar-refractivity contribution is 6.36. The Bertz CT molecular complexity index is 1090. The number of piperidine rings is 1. The molecule has 1 aliphatic heterocycles. The lowest BCUT2D eigenvalue weighted by molar-refractivity contribution is -0.125. The van der Waals surface area contributed by atoms with Crippen molar-refractivity contribution in [2.45, 2.75) is 12.3 Å². The van der Waals surface area contributed by atoms with Crippen LogP contribution >= 0.6 is 23.2 Å². The van der Waals surface area contributed by atoms with Crippen molar-refractivity contribution in [3.63, 3.8) is 0 Å². The van der Waals surface area contributed by atoms with Gasteiger partial charge in [-0.2, -0.15) is 0 Å². The summed E-state index contributed by atoms with van der Waals surface area (Å²) in [5.41, 5.74) is -0.478. The maximum Gasteiger partial charge on any atom is 0.241 e. The highest BCUT2D eigenvalue weighted by Gasteiger charge is 2.88. The Morgan fingerprint density at radius 2 is 1.64 bits per heavy atom. The third-order valence-electron chi connectivity index (χ3n) is 6.11. The predicted octanol–water partition coefficient (Wildman–Crippen LogP) is 5.08. The molecule has 0 spiro atoms. The molecule has 1 aromatic heterocycles. The van der Waals surface area contributed by atoms with E-state index in [1.807, 2.05) is 43.3 Å². The van der Waals surface area contributed by atoms with Crippen molar-refractivity contribution in [2.24, 2.45) is 11.3 Å². The number of benzene rings is 2. The lowest BCUT2D eigenvalue weighted by Gasteiger charge is -2.27. The van der Waals surface area contributed by atoms with Crippen molar-refractivity contribution >= 4 is 40.7 Å². The summed E-state index contributed by atoms with van der Waals surface area (Å²) >= 11 is 12.2. The summed E-state index contributed by atoms with van der Waals surface area (Å²) in [7, 11) is 0. The molecule has 2 aromatic carbocycles. The normalized spacial score (nSPS) is 28.5. The number of hydrogen-bond acceptors (Lipinski definition) is 3. The van der Waals surface area contributed by atoms with Gasteiger partial charge >= 0.3 is 0 Å². The van der Waals surface area contributed by atoms with Crippen LogP contribution in [-0.2, 0) is 15.0 Å². The van der Waals surface area contributed by atoms with Crippen molar-refractivity contribution in [1.82, 2.24) is 0 Å². The molecule has 0 unspecified atom stereocenters. The molecule has 3 aromatic rings. The Balaban J connectivity index is 1.67. The quantitative estimate of drug-likeness (QED) is 0.564. The van der Waals surface area contributed by atoms with E-state index in [-0.39, 0.29) is 11.8 Å². The van der Waals surface area contributed by atoms with Gasteiger partial charge in [0, 0.05) is 10.0 Å². The molecule has 1 saturated heterocycles. The molecule has 4 nitrogen and oxygen atoms in total. The van der Waals surface area contributed by atoms with Crippen LogP contribution in [-0.4, -0.2) is 11.8 Å². The number of furan rings is 1. The number of carbonyl (C=O) groups is 2. The van der Waals surface area contributed by atoms with Crippen LogP contribution < -0.4 is 4.90 Å². The fourth-order valence-corrected chi connectivity index (χ4v) is 5.44. The third-order valence-corrected chi connectivity index (χ3v) is 6.54. The Kier molecular flexibility index (Phi) is 3.58. The van der Waals surface area contributed by atoms with E-state index in [9.17, 15) is 9.59 Å². The summed E-state index contributed by atoms with van der Waals surface area (Å²) in [4.78, 5) is 28.2. The van der Waals surface area contributed by atoms with Gasteiger partial charge in [0.25, 0.3) is 0 Å². The fraction of sp³-hybridized carbons (Fsp3) is 0.182. The molecule has 1 aliphatic carbocycles. The summed E-state index contributed by atoms with van der Waals surface area (Å²) in [6, 6.07) is 17.9.